The van der Waals surface area contributed by atoms with E-state index in [0.717, 1.165) is 10.5 Å². The summed E-state index contributed by atoms with van der Waals surface area (Å²) in [5, 5.41) is 14.2. The highest BCUT2D eigenvalue weighted by molar-refractivity contribution is 6.42. The molecule has 2 aromatic carbocycles. The highest BCUT2D eigenvalue weighted by Gasteiger charge is 2.38. The van der Waals surface area contributed by atoms with Crippen molar-refractivity contribution in [2.45, 2.75) is 13.0 Å². The largest absolute Gasteiger partial charge is 0.497 e. The molecule has 1 unspecified atom stereocenters. The molecule has 1 saturated heterocycles. The summed E-state index contributed by atoms with van der Waals surface area (Å²) >= 11 is 12.1. The van der Waals surface area contributed by atoms with E-state index in [1.165, 1.54) is 0 Å². The number of urea groups is 1. The summed E-state index contributed by atoms with van der Waals surface area (Å²) in [5.74, 6) is -0.248. The molecule has 0 aliphatic carbocycles. The Labute approximate surface area is 212 Å². The number of amides is 3. The monoisotopic (exact) mass is 515 g/mol. The molecule has 0 radical (unpaired) electrons. The van der Waals surface area contributed by atoms with Crippen molar-refractivity contribution >= 4 is 46.9 Å². The Morgan fingerprint density at radius 1 is 1.17 bits per heavy atom. The zero-order valence-electron chi connectivity index (χ0n) is 18.8. The second-order valence-electron chi connectivity index (χ2n) is 7.48. The van der Waals surface area contributed by atoms with Crippen LogP contribution in [-0.4, -0.2) is 48.8 Å². The van der Waals surface area contributed by atoms with Crippen molar-refractivity contribution < 1.29 is 14.3 Å². The van der Waals surface area contributed by atoms with E-state index in [4.69, 9.17) is 38.9 Å². The molecule has 1 heterocycles. The standard InChI is InChI=1S/C23H23Cl2N7O3/c1-35-16-5-2-14(3-6-16)10-17-20(28-8-9-29-22(27)30-13-26)31-23(34)32(21(17)33)12-15-4-7-18(24)19(25)11-15/h2-7,11,17H,8-10,12H2,1H3,(H3,27,29,30)(H,28,31,34). The van der Waals surface area contributed by atoms with Gasteiger partial charge in [-0.25, -0.2) is 4.79 Å². The molecule has 0 bridgehead atoms. The van der Waals surface area contributed by atoms with Crippen LogP contribution in [0.25, 0.3) is 0 Å². The molecule has 1 fully saturated rings. The molecule has 1 atom stereocenters. The van der Waals surface area contributed by atoms with Gasteiger partial charge in [-0.1, -0.05) is 41.4 Å². The fraction of sp³-hybridized carbons (Fsp3) is 0.261. The number of carbonyl (C=O) groups is 2. The van der Waals surface area contributed by atoms with Crippen molar-refractivity contribution in [1.29, 1.82) is 5.26 Å². The molecular formula is C23H23Cl2N7O3. The molecule has 3 rings (SSSR count). The highest BCUT2D eigenvalue weighted by Crippen LogP contribution is 2.25. The second-order valence-corrected chi connectivity index (χ2v) is 8.29. The zero-order valence-corrected chi connectivity index (χ0v) is 20.3. The summed E-state index contributed by atoms with van der Waals surface area (Å²) in [6, 6.07) is 11.6. The number of carbonyl (C=O) groups excluding carboxylic acids is 2. The van der Waals surface area contributed by atoms with E-state index in [2.05, 4.69) is 20.6 Å². The fourth-order valence-electron chi connectivity index (χ4n) is 3.41. The Morgan fingerprint density at radius 3 is 2.54 bits per heavy atom. The third-order valence-electron chi connectivity index (χ3n) is 5.15. The predicted octanol–water partition coefficient (Wildman–Crippen LogP) is 2.70. The Morgan fingerprint density at radius 2 is 1.89 bits per heavy atom. The first-order chi connectivity index (χ1) is 16.8. The Hall–Kier alpha value is -3.81. The Bertz CT molecular complexity index is 1190. The zero-order chi connectivity index (χ0) is 25.4. The third-order valence-corrected chi connectivity index (χ3v) is 5.89. The van der Waals surface area contributed by atoms with Crippen molar-refractivity contribution in [3.05, 3.63) is 63.6 Å². The number of amidine groups is 1. The number of guanidine groups is 1. The van der Waals surface area contributed by atoms with E-state index >= 15 is 0 Å². The van der Waals surface area contributed by atoms with Gasteiger partial charge in [-0.05, 0) is 41.8 Å². The van der Waals surface area contributed by atoms with Crippen LogP contribution in [0.15, 0.2) is 52.4 Å². The van der Waals surface area contributed by atoms with E-state index in [9.17, 15) is 9.59 Å². The smallest absolute Gasteiger partial charge is 0.329 e. The second kappa shape index (κ2) is 12.1. The molecule has 10 nitrogen and oxygen atoms in total. The van der Waals surface area contributed by atoms with Crippen LogP contribution in [0.1, 0.15) is 11.1 Å². The number of ether oxygens (including phenoxy) is 1. The molecule has 3 amide bonds. The molecule has 35 heavy (non-hydrogen) atoms. The van der Waals surface area contributed by atoms with Gasteiger partial charge in [0.2, 0.25) is 11.9 Å². The van der Waals surface area contributed by atoms with Gasteiger partial charge in [0.25, 0.3) is 0 Å². The first-order valence-electron chi connectivity index (χ1n) is 10.5. The number of imide groups is 1. The van der Waals surface area contributed by atoms with Crippen LogP contribution in [0.2, 0.25) is 10.0 Å². The van der Waals surface area contributed by atoms with Gasteiger partial charge in [0.1, 0.15) is 17.5 Å². The van der Waals surface area contributed by atoms with Crippen LogP contribution in [0.5, 0.6) is 5.75 Å². The van der Waals surface area contributed by atoms with Gasteiger partial charge in [0.15, 0.2) is 6.19 Å². The van der Waals surface area contributed by atoms with Crippen molar-refractivity contribution in [2.75, 3.05) is 20.2 Å². The molecule has 0 aromatic heterocycles. The van der Waals surface area contributed by atoms with Crippen LogP contribution in [-0.2, 0) is 17.8 Å². The normalized spacial score (nSPS) is 17.2. The van der Waals surface area contributed by atoms with Gasteiger partial charge in [-0.2, -0.15) is 5.26 Å². The first kappa shape index (κ1) is 25.8. The van der Waals surface area contributed by atoms with Crippen molar-refractivity contribution in [3.63, 3.8) is 0 Å². The topological polar surface area (TPSA) is 145 Å². The van der Waals surface area contributed by atoms with Gasteiger partial charge in [-0.15, -0.1) is 0 Å². The van der Waals surface area contributed by atoms with E-state index < -0.39 is 17.9 Å². The molecule has 1 aliphatic rings. The Kier molecular flexibility index (Phi) is 8.89. The molecule has 1 aliphatic heterocycles. The van der Waals surface area contributed by atoms with E-state index in [1.807, 2.05) is 12.1 Å². The van der Waals surface area contributed by atoms with Gasteiger partial charge in [0, 0.05) is 0 Å². The van der Waals surface area contributed by atoms with Crippen LogP contribution in [0.4, 0.5) is 4.79 Å². The quantitative estimate of drug-likeness (QED) is 0.162. The van der Waals surface area contributed by atoms with Gasteiger partial charge >= 0.3 is 6.03 Å². The van der Waals surface area contributed by atoms with E-state index in [0.29, 0.717) is 27.8 Å². The number of nitriles is 1. The summed E-state index contributed by atoms with van der Waals surface area (Å²) in [6.07, 6.45) is 1.98. The van der Waals surface area contributed by atoms with Crippen LogP contribution >= 0.6 is 23.2 Å². The van der Waals surface area contributed by atoms with E-state index in [-0.39, 0.29) is 31.4 Å². The maximum absolute atomic E-state index is 13.5. The maximum Gasteiger partial charge on any atom is 0.329 e. The van der Waals surface area contributed by atoms with Crippen molar-refractivity contribution in [1.82, 2.24) is 15.5 Å². The summed E-state index contributed by atoms with van der Waals surface area (Å²) in [5.41, 5.74) is 7.04. The van der Waals surface area contributed by atoms with Gasteiger partial charge < -0.3 is 10.5 Å². The summed E-state index contributed by atoms with van der Waals surface area (Å²) in [6.45, 7) is 0.341. The molecule has 4 N–H and O–H groups in total. The third kappa shape index (κ3) is 6.85. The number of benzene rings is 2. The molecule has 0 saturated carbocycles. The Balaban J connectivity index is 1.84. The fourth-order valence-corrected chi connectivity index (χ4v) is 3.73. The number of halogens is 2. The minimum Gasteiger partial charge on any atom is -0.497 e. The summed E-state index contributed by atoms with van der Waals surface area (Å²) in [7, 11) is 1.57. The SMILES string of the molecule is COc1ccc(CC2C(=O)N(Cc3ccc(Cl)c(Cl)c3)C(=O)NC2=NCCN=C(N)NC#N)cc1. The lowest BCUT2D eigenvalue weighted by Crippen LogP contribution is -2.58. The van der Waals surface area contributed by atoms with Crippen LogP contribution < -0.4 is 21.1 Å². The number of nitrogens with two attached hydrogens (primary N) is 1. The lowest BCUT2D eigenvalue weighted by Gasteiger charge is -2.32. The lowest BCUT2D eigenvalue weighted by molar-refractivity contribution is -0.131. The van der Waals surface area contributed by atoms with Crippen LogP contribution in [0, 0.1) is 17.4 Å². The number of hydrogen-bond donors (Lipinski definition) is 3. The van der Waals surface area contributed by atoms with Crippen molar-refractivity contribution in [2.24, 2.45) is 21.6 Å². The minimum absolute atomic E-state index is 0.0224. The number of rotatable bonds is 8. The average molecular weight is 516 g/mol. The summed E-state index contributed by atoms with van der Waals surface area (Å²) < 4.78 is 5.20. The average Bonchev–Trinajstić information content (AvgIpc) is 2.84. The predicted molar refractivity (Wildman–Crippen MR) is 133 cm³/mol. The number of hydrogen-bond acceptors (Lipinski definition) is 6. The van der Waals surface area contributed by atoms with E-state index in [1.54, 1.807) is 43.6 Å². The molecule has 12 heteroatoms. The van der Waals surface area contributed by atoms with Crippen molar-refractivity contribution in [3.8, 4) is 11.9 Å². The van der Waals surface area contributed by atoms with Gasteiger partial charge in [0.05, 0.1) is 36.8 Å². The molecule has 0 spiro atoms. The molecule has 2 aromatic rings. The highest BCUT2D eigenvalue weighted by atomic mass is 35.5. The maximum atomic E-state index is 13.5. The first-order valence-corrected chi connectivity index (χ1v) is 11.3. The number of nitrogens with one attached hydrogen (secondary N) is 2. The van der Waals surface area contributed by atoms with Gasteiger partial charge in [-0.3, -0.25) is 30.3 Å². The molecule has 182 valence electrons. The lowest BCUT2D eigenvalue weighted by atomic mass is 9.94. The molecular weight excluding hydrogens is 493 g/mol. The number of aliphatic imine (C=N–C) groups is 2. The minimum atomic E-state index is -0.734. The number of methoxy groups -OCH3 is 1. The summed E-state index contributed by atoms with van der Waals surface area (Å²) in [4.78, 5) is 35.8. The number of nitrogens with zero attached hydrogens (tertiary/aromatic N) is 4. The van der Waals surface area contributed by atoms with Crippen LogP contribution in [0.3, 0.4) is 0 Å².